The number of likely N-dealkylation sites (tertiary alicyclic amines) is 1. The number of nitrogens with zero attached hydrogens (tertiary/aromatic N) is 1. The van der Waals surface area contributed by atoms with Gasteiger partial charge in [0.2, 0.25) is 0 Å². The van der Waals surface area contributed by atoms with Gasteiger partial charge in [0.05, 0.1) is 13.2 Å². The van der Waals surface area contributed by atoms with Crippen LogP contribution in [-0.4, -0.2) is 71.7 Å². The van der Waals surface area contributed by atoms with E-state index in [0.717, 1.165) is 12.1 Å². The fourth-order valence-electron chi connectivity index (χ4n) is 3.02. The highest BCUT2D eigenvalue weighted by atomic mass is 35.5. The molecule has 6 nitrogen and oxygen atoms in total. The van der Waals surface area contributed by atoms with Crippen LogP contribution in [-0.2, 0) is 0 Å². The number of halogens is 3. The molecule has 1 aromatic rings. The molecule has 27 heavy (non-hydrogen) atoms. The lowest BCUT2D eigenvalue weighted by atomic mass is 9.93. The van der Waals surface area contributed by atoms with Crippen molar-refractivity contribution >= 4 is 17.5 Å². The van der Waals surface area contributed by atoms with Crippen molar-refractivity contribution in [1.82, 2.24) is 15.5 Å². The summed E-state index contributed by atoms with van der Waals surface area (Å²) in [7, 11) is 0. The van der Waals surface area contributed by atoms with Crippen LogP contribution in [0.5, 0.6) is 0 Å². The van der Waals surface area contributed by atoms with Gasteiger partial charge in [0.1, 0.15) is 17.7 Å². The Bertz CT molecular complexity index is 622. The molecule has 2 atom stereocenters. The summed E-state index contributed by atoms with van der Waals surface area (Å²) in [5.74, 6) is -1.20. The van der Waals surface area contributed by atoms with Crippen LogP contribution in [0.15, 0.2) is 18.2 Å². The lowest BCUT2D eigenvalue weighted by Crippen LogP contribution is -2.52. The van der Waals surface area contributed by atoms with Crippen LogP contribution in [0.25, 0.3) is 0 Å². The summed E-state index contributed by atoms with van der Waals surface area (Å²) in [6, 6.07) is 3.25. The molecule has 1 fully saturated rings. The van der Waals surface area contributed by atoms with E-state index in [2.05, 4.69) is 10.6 Å². The van der Waals surface area contributed by atoms with E-state index >= 15 is 0 Å². The Kier molecular flexibility index (Phi) is 7.93. The average Bonchev–Trinajstić information content (AvgIpc) is 2.61. The minimum atomic E-state index is -1.56. The number of benzene rings is 1. The molecule has 4 N–H and O–H groups in total. The Labute approximate surface area is 162 Å². The number of hydrogen-bond donors (Lipinski definition) is 4. The molecule has 2 rings (SSSR count). The summed E-state index contributed by atoms with van der Waals surface area (Å²) in [5, 5.41) is 24.3. The van der Waals surface area contributed by atoms with E-state index in [1.54, 1.807) is 6.92 Å². The van der Waals surface area contributed by atoms with Gasteiger partial charge in [0.15, 0.2) is 0 Å². The number of amides is 1. The Morgan fingerprint density at radius 2 is 2.04 bits per heavy atom. The molecule has 1 aliphatic heterocycles. The summed E-state index contributed by atoms with van der Waals surface area (Å²) in [5.41, 5.74) is -1.51. The standard InChI is InChI=1S/C18H26ClF2N3O3/c1-12(10-25)23-16(26)9-24-4-2-18(21,3-5-24)11-22-17(27)13-6-14(19)8-15(20)7-13/h6-8,12,16,23,25-26H,2-5,9-11H2,1H3,(H,22,27)/t12-,16?/m1/s1. The average molecular weight is 406 g/mol. The molecular weight excluding hydrogens is 380 g/mol. The Balaban J connectivity index is 1.79. The number of nitrogens with one attached hydrogen (secondary N) is 2. The second-order valence-corrected chi connectivity index (χ2v) is 7.49. The maximum Gasteiger partial charge on any atom is 0.251 e. The Morgan fingerprint density at radius 1 is 1.37 bits per heavy atom. The van der Waals surface area contributed by atoms with Gasteiger partial charge in [-0.25, -0.2) is 8.78 Å². The third-order valence-electron chi connectivity index (χ3n) is 4.62. The molecule has 1 amide bonds. The Morgan fingerprint density at radius 3 is 2.63 bits per heavy atom. The molecule has 0 aliphatic carbocycles. The Hall–Kier alpha value is -1.32. The third-order valence-corrected chi connectivity index (χ3v) is 4.84. The molecule has 1 unspecified atom stereocenters. The predicted molar refractivity (Wildman–Crippen MR) is 98.9 cm³/mol. The van der Waals surface area contributed by atoms with Crippen molar-refractivity contribution in [2.24, 2.45) is 0 Å². The number of alkyl halides is 1. The van der Waals surface area contributed by atoms with E-state index in [0.29, 0.717) is 19.6 Å². The minimum Gasteiger partial charge on any atom is -0.395 e. The first kappa shape index (κ1) is 22.0. The predicted octanol–water partition coefficient (Wildman–Crippen LogP) is 1.30. The minimum absolute atomic E-state index is 0.0493. The van der Waals surface area contributed by atoms with E-state index in [4.69, 9.17) is 16.7 Å². The SMILES string of the molecule is C[C@H](CO)NC(O)CN1CCC(F)(CNC(=O)c2cc(F)cc(Cl)c2)CC1. The summed E-state index contributed by atoms with van der Waals surface area (Å²) in [6.07, 6.45) is -0.393. The number of piperidine rings is 1. The van der Waals surface area contributed by atoms with Crippen molar-refractivity contribution in [3.63, 3.8) is 0 Å². The summed E-state index contributed by atoms with van der Waals surface area (Å²) < 4.78 is 28.3. The number of carbonyl (C=O) groups excluding carboxylic acids is 1. The second kappa shape index (κ2) is 9.75. The molecule has 0 aromatic heterocycles. The fourth-order valence-corrected chi connectivity index (χ4v) is 3.24. The second-order valence-electron chi connectivity index (χ2n) is 7.06. The zero-order valence-electron chi connectivity index (χ0n) is 15.2. The van der Waals surface area contributed by atoms with Gasteiger partial charge in [-0.15, -0.1) is 0 Å². The van der Waals surface area contributed by atoms with Gasteiger partial charge in [0, 0.05) is 36.3 Å². The van der Waals surface area contributed by atoms with Crippen molar-refractivity contribution in [2.45, 2.75) is 37.7 Å². The van der Waals surface area contributed by atoms with Crippen molar-refractivity contribution in [2.75, 3.05) is 32.8 Å². The molecule has 1 aliphatic rings. The molecule has 9 heteroatoms. The van der Waals surface area contributed by atoms with Gasteiger partial charge in [-0.2, -0.15) is 0 Å². The van der Waals surface area contributed by atoms with E-state index in [9.17, 15) is 18.7 Å². The first-order valence-corrected chi connectivity index (χ1v) is 9.29. The highest BCUT2D eigenvalue weighted by Crippen LogP contribution is 2.26. The van der Waals surface area contributed by atoms with E-state index in [1.165, 1.54) is 6.07 Å². The molecule has 152 valence electrons. The molecule has 0 radical (unpaired) electrons. The number of carbonyl (C=O) groups is 1. The molecular formula is C18H26ClF2N3O3. The van der Waals surface area contributed by atoms with Gasteiger partial charge in [-0.05, 0) is 38.0 Å². The zero-order chi connectivity index (χ0) is 20.0. The number of aliphatic hydroxyl groups excluding tert-OH is 2. The molecule has 1 heterocycles. The molecule has 1 aromatic carbocycles. The summed E-state index contributed by atoms with van der Waals surface area (Å²) >= 11 is 5.73. The normalized spacial score (nSPS) is 19.5. The molecule has 0 bridgehead atoms. The quantitative estimate of drug-likeness (QED) is 0.490. The first-order valence-electron chi connectivity index (χ1n) is 8.91. The lowest BCUT2D eigenvalue weighted by molar-refractivity contribution is 0.0189. The lowest BCUT2D eigenvalue weighted by Gasteiger charge is -2.37. The summed E-state index contributed by atoms with van der Waals surface area (Å²) in [4.78, 5) is 14.0. The number of β-amino-alcohol motifs (C(OH)–C–C–N with tert-alkyl or cyclic N) is 1. The number of hydrogen-bond acceptors (Lipinski definition) is 5. The van der Waals surface area contributed by atoms with Crippen molar-refractivity contribution < 1.29 is 23.8 Å². The topological polar surface area (TPSA) is 84.8 Å². The van der Waals surface area contributed by atoms with Gasteiger partial charge in [0.25, 0.3) is 5.91 Å². The summed E-state index contributed by atoms with van der Waals surface area (Å²) in [6.45, 7) is 2.70. The molecule has 1 saturated heterocycles. The van der Waals surface area contributed by atoms with Gasteiger partial charge in [-0.3, -0.25) is 15.0 Å². The van der Waals surface area contributed by atoms with Crippen LogP contribution < -0.4 is 10.6 Å². The van der Waals surface area contributed by atoms with E-state index in [-0.39, 0.29) is 42.6 Å². The van der Waals surface area contributed by atoms with Crippen LogP contribution in [0.1, 0.15) is 30.1 Å². The smallest absolute Gasteiger partial charge is 0.251 e. The maximum atomic E-state index is 14.9. The third kappa shape index (κ3) is 6.97. The monoisotopic (exact) mass is 405 g/mol. The fraction of sp³-hybridized carbons (Fsp3) is 0.611. The van der Waals surface area contributed by atoms with E-state index in [1.807, 2.05) is 4.90 Å². The molecule has 0 saturated carbocycles. The van der Waals surface area contributed by atoms with Gasteiger partial charge < -0.3 is 15.5 Å². The van der Waals surface area contributed by atoms with Gasteiger partial charge >= 0.3 is 0 Å². The number of aliphatic hydroxyl groups is 2. The number of rotatable bonds is 8. The van der Waals surface area contributed by atoms with Crippen molar-refractivity contribution in [3.05, 3.63) is 34.6 Å². The largest absolute Gasteiger partial charge is 0.395 e. The van der Waals surface area contributed by atoms with E-state index < -0.39 is 23.6 Å². The van der Waals surface area contributed by atoms with Crippen LogP contribution in [0.2, 0.25) is 5.02 Å². The van der Waals surface area contributed by atoms with Crippen molar-refractivity contribution in [1.29, 1.82) is 0 Å². The highest BCUT2D eigenvalue weighted by molar-refractivity contribution is 6.31. The van der Waals surface area contributed by atoms with Crippen LogP contribution in [0.3, 0.4) is 0 Å². The van der Waals surface area contributed by atoms with Crippen LogP contribution in [0, 0.1) is 5.82 Å². The maximum absolute atomic E-state index is 14.9. The van der Waals surface area contributed by atoms with Crippen LogP contribution in [0.4, 0.5) is 8.78 Å². The highest BCUT2D eigenvalue weighted by Gasteiger charge is 2.35. The first-order chi connectivity index (χ1) is 12.7. The zero-order valence-corrected chi connectivity index (χ0v) is 16.0. The van der Waals surface area contributed by atoms with Crippen molar-refractivity contribution in [3.8, 4) is 0 Å². The molecule has 0 spiro atoms. The van der Waals surface area contributed by atoms with Crippen LogP contribution >= 0.6 is 11.6 Å². The van der Waals surface area contributed by atoms with Gasteiger partial charge in [-0.1, -0.05) is 11.6 Å².